The molecule has 26 heavy (non-hydrogen) atoms. The highest BCUT2D eigenvalue weighted by molar-refractivity contribution is 6.12. The van der Waals surface area contributed by atoms with Gasteiger partial charge in [0.2, 0.25) is 0 Å². The molecule has 1 aliphatic heterocycles. The zero-order valence-corrected chi connectivity index (χ0v) is 15.3. The van der Waals surface area contributed by atoms with Gasteiger partial charge in [0.1, 0.15) is 0 Å². The summed E-state index contributed by atoms with van der Waals surface area (Å²) in [6.07, 6.45) is 1.70. The maximum Gasteiger partial charge on any atom is 0.309 e. The van der Waals surface area contributed by atoms with Gasteiger partial charge in [0.15, 0.2) is 0 Å². The molecule has 0 aromatic heterocycles. The molecule has 1 fully saturated rings. The molecule has 2 aromatic rings. The maximum atomic E-state index is 11.9. The maximum absolute atomic E-state index is 11.9. The second-order valence-corrected chi connectivity index (χ2v) is 6.52. The molecule has 1 heterocycles. The first kappa shape index (κ1) is 18.3. The van der Waals surface area contributed by atoms with E-state index < -0.39 is 0 Å². The Kier molecular flexibility index (Phi) is 6.56. The summed E-state index contributed by atoms with van der Waals surface area (Å²) >= 11 is 0. The summed E-state index contributed by atoms with van der Waals surface area (Å²) in [6, 6.07) is 20.6. The second kappa shape index (κ2) is 9.30. The highest BCUT2D eigenvalue weighted by Gasteiger charge is 2.25. The third-order valence-electron chi connectivity index (χ3n) is 4.73. The van der Waals surface area contributed by atoms with Crippen LogP contribution in [-0.2, 0) is 9.53 Å². The number of ether oxygens (including phenoxy) is 1. The number of carbonyl (C=O) groups excluding carboxylic acids is 1. The first-order valence-electron chi connectivity index (χ1n) is 9.32. The summed E-state index contributed by atoms with van der Waals surface area (Å²) in [7, 11) is 0. The van der Waals surface area contributed by atoms with Gasteiger partial charge in [-0.15, -0.1) is 0 Å². The van der Waals surface area contributed by atoms with Crippen LogP contribution in [0.2, 0.25) is 0 Å². The third-order valence-corrected chi connectivity index (χ3v) is 4.73. The van der Waals surface area contributed by atoms with Crippen molar-refractivity contribution in [2.75, 3.05) is 26.4 Å². The summed E-state index contributed by atoms with van der Waals surface area (Å²) in [6.45, 7) is 4.72. The number of nitrogens with zero attached hydrogens (tertiary/aromatic N) is 2. The lowest BCUT2D eigenvalue weighted by Gasteiger charge is -2.29. The minimum atomic E-state index is -0.0510. The molecule has 0 saturated carbocycles. The fourth-order valence-corrected chi connectivity index (χ4v) is 3.28. The van der Waals surface area contributed by atoms with E-state index in [2.05, 4.69) is 29.2 Å². The van der Waals surface area contributed by atoms with Crippen LogP contribution in [0.3, 0.4) is 0 Å². The lowest BCUT2D eigenvalue weighted by atomic mass is 9.97. The van der Waals surface area contributed by atoms with Gasteiger partial charge in [0.05, 0.1) is 24.9 Å². The van der Waals surface area contributed by atoms with Crippen molar-refractivity contribution >= 4 is 11.7 Å². The van der Waals surface area contributed by atoms with E-state index in [9.17, 15) is 4.79 Å². The van der Waals surface area contributed by atoms with Gasteiger partial charge in [-0.2, -0.15) is 0 Å². The Morgan fingerprint density at radius 1 is 1.00 bits per heavy atom. The van der Waals surface area contributed by atoms with Crippen molar-refractivity contribution in [2.24, 2.45) is 10.9 Å². The first-order valence-corrected chi connectivity index (χ1v) is 9.32. The average Bonchev–Trinajstić information content (AvgIpc) is 2.70. The number of piperidine rings is 1. The van der Waals surface area contributed by atoms with Crippen molar-refractivity contribution in [3.05, 3.63) is 71.8 Å². The zero-order chi connectivity index (χ0) is 18.2. The fourth-order valence-electron chi connectivity index (χ4n) is 3.28. The molecule has 0 N–H and O–H groups in total. The van der Waals surface area contributed by atoms with Crippen LogP contribution in [0.5, 0.6) is 0 Å². The van der Waals surface area contributed by atoms with E-state index in [1.54, 1.807) is 0 Å². The molecule has 0 bridgehead atoms. The minimum absolute atomic E-state index is 0.0397. The van der Waals surface area contributed by atoms with Gasteiger partial charge in [-0.1, -0.05) is 60.7 Å². The normalized spacial score (nSPS) is 15.4. The van der Waals surface area contributed by atoms with Gasteiger partial charge >= 0.3 is 5.97 Å². The molecule has 1 saturated heterocycles. The van der Waals surface area contributed by atoms with Gasteiger partial charge in [0, 0.05) is 24.2 Å². The summed E-state index contributed by atoms with van der Waals surface area (Å²) in [5.74, 6) is -0.0113. The van der Waals surface area contributed by atoms with E-state index in [1.807, 2.05) is 43.3 Å². The van der Waals surface area contributed by atoms with Crippen LogP contribution in [-0.4, -0.2) is 42.9 Å². The summed E-state index contributed by atoms with van der Waals surface area (Å²) in [5.41, 5.74) is 3.26. The molecule has 0 amide bonds. The van der Waals surface area contributed by atoms with Gasteiger partial charge in [-0.25, -0.2) is 0 Å². The number of hydrogen-bond donors (Lipinski definition) is 0. The monoisotopic (exact) mass is 350 g/mol. The highest BCUT2D eigenvalue weighted by Crippen LogP contribution is 2.19. The van der Waals surface area contributed by atoms with Crippen molar-refractivity contribution in [3.63, 3.8) is 0 Å². The Morgan fingerprint density at radius 2 is 1.54 bits per heavy atom. The third kappa shape index (κ3) is 4.79. The molecular formula is C22H26N2O2. The molecule has 1 aliphatic rings. The van der Waals surface area contributed by atoms with E-state index in [0.717, 1.165) is 42.8 Å². The zero-order valence-electron chi connectivity index (χ0n) is 15.3. The Labute approximate surface area is 155 Å². The fraction of sp³-hybridized carbons (Fsp3) is 0.364. The van der Waals surface area contributed by atoms with Crippen LogP contribution in [0, 0.1) is 5.92 Å². The molecular weight excluding hydrogens is 324 g/mol. The lowest BCUT2D eigenvalue weighted by molar-refractivity contribution is -0.149. The standard InChI is InChI=1S/C22H26N2O2/c1-2-26-22(25)20-13-15-24(16-14-20)17-23-21(18-9-5-3-6-10-18)19-11-7-4-8-12-19/h3-12,20H,2,13-17H2,1H3. The van der Waals surface area contributed by atoms with Crippen LogP contribution in [0.25, 0.3) is 0 Å². The van der Waals surface area contributed by atoms with Crippen LogP contribution in [0.15, 0.2) is 65.7 Å². The topological polar surface area (TPSA) is 41.9 Å². The molecule has 4 heteroatoms. The molecule has 4 nitrogen and oxygen atoms in total. The number of aliphatic imine (C=N–C) groups is 1. The Hall–Kier alpha value is -2.46. The van der Waals surface area contributed by atoms with Crippen LogP contribution in [0.1, 0.15) is 30.9 Å². The number of rotatable bonds is 6. The van der Waals surface area contributed by atoms with E-state index in [1.165, 1.54) is 0 Å². The Morgan fingerprint density at radius 3 is 2.04 bits per heavy atom. The van der Waals surface area contributed by atoms with Gasteiger partial charge < -0.3 is 4.74 Å². The number of carbonyl (C=O) groups is 1. The van der Waals surface area contributed by atoms with Crippen molar-refractivity contribution in [1.82, 2.24) is 4.90 Å². The SMILES string of the molecule is CCOC(=O)C1CCN(CN=C(c2ccccc2)c2ccccc2)CC1. The molecule has 0 spiro atoms. The molecule has 3 rings (SSSR count). The number of esters is 1. The van der Waals surface area contributed by atoms with E-state index >= 15 is 0 Å². The van der Waals surface area contributed by atoms with E-state index in [4.69, 9.17) is 9.73 Å². The predicted octanol–water partition coefficient (Wildman–Crippen LogP) is 3.76. The summed E-state index contributed by atoms with van der Waals surface area (Å²) in [4.78, 5) is 19.1. The summed E-state index contributed by atoms with van der Waals surface area (Å²) < 4.78 is 5.15. The summed E-state index contributed by atoms with van der Waals surface area (Å²) in [5, 5.41) is 0. The van der Waals surface area contributed by atoms with Crippen LogP contribution >= 0.6 is 0 Å². The second-order valence-electron chi connectivity index (χ2n) is 6.52. The highest BCUT2D eigenvalue weighted by atomic mass is 16.5. The molecule has 0 atom stereocenters. The van der Waals surface area contributed by atoms with Crippen molar-refractivity contribution in [3.8, 4) is 0 Å². The van der Waals surface area contributed by atoms with Crippen LogP contribution in [0.4, 0.5) is 0 Å². The molecule has 0 unspecified atom stereocenters. The van der Waals surface area contributed by atoms with Crippen molar-refractivity contribution < 1.29 is 9.53 Å². The van der Waals surface area contributed by atoms with E-state index in [0.29, 0.717) is 13.3 Å². The van der Waals surface area contributed by atoms with Gasteiger partial charge in [-0.3, -0.25) is 14.7 Å². The molecule has 0 aliphatic carbocycles. The smallest absolute Gasteiger partial charge is 0.309 e. The van der Waals surface area contributed by atoms with Crippen molar-refractivity contribution in [2.45, 2.75) is 19.8 Å². The molecule has 136 valence electrons. The predicted molar refractivity (Wildman–Crippen MR) is 104 cm³/mol. The number of benzene rings is 2. The minimum Gasteiger partial charge on any atom is -0.466 e. The largest absolute Gasteiger partial charge is 0.466 e. The molecule has 2 aromatic carbocycles. The number of likely N-dealkylation sites (tertiary alicyclic amines) is 1. The van der Waals surface area contributed by atoms with Crippen LogP contribution < -0.4 is 0 Å². The Balaban J connectivity index is 1.68. The van der Waals surface area contributed by atoms with Crippen molar-refractivity contribution in [1.29, 1.82) is 0 Å². The molecule has 0 radical (unpaired) electrons. The van der Waals surface area contributed by atoms with Gasteiger partial charge in [0.25, 0.3) is 0 Å². The number of hydrogen-bond acceptors (Lipinski definition) is 4. The van der Waals surface area contributed by atoms with Gasteiger partial charge in [-0.05, 0) is 19.8 Å². The Bertz CT molecular complexity index is 679. The average molecular weight is 350 g/mol. The first-order chi connectivity index (χ1) is 12.8. The quantitative estimate of drug-likeness (QED) is 0.588. The lowest BCUT2D eigenvalue weighted by Crippen LogP contribution is -2.37. The van der Waals surface area contributed by atoms with E-state index in [-0.39, 0.29) is 11.9 Å².